The third-order valence-corrected chi connectivity index (χ3v) is 7.06. The van der Waals surface area contributed by atoms with Crippen molar-refractivity contribution in [1.82, 2.24) is 19.2 Å². The highest BCUT2D eigenvalue weighted by Gasteiger charge is 2.26. The number of rotatable bonds is 6. The zero-order chi connectivity index (χ0) is 25.4. The van der Waals surface area contributed by atoms with E-state index in [2.05, 4.69) is 11.1 Å². The van der Waals surface area contributed by atoms with Gasteiger partial charge in [0, 0.05) is 6.92 Å². The van der Waals surface area contributed by atoms with Crippen molar-refractivity contribution in [1.29, 1.82) is 0 Å². The van der Waals surface area contributed by atoms with Crippen molar-refractivity contribution < 1.29 is 9.72 Å². The molecule has 2 aromatic carbocycles. The molecule has 0 amide bonds. The summed E-state index contributed by atoms with van der Waals surface area (Å²) in [5.74, 6) is 1.52. The number of aryl methyl sites for hydroxylation is 1. The first kappa shape index (κ1) is 23.1. The average Bonchev–Trinajstić information content (AvgIpc) is 3.23. The van der Waals surface area contributed by atoms with Gasteiger partial charge in [-0.25, -0.2) is 24.3 Å². The maximum Gasteiger partial charge on any atom is 0.323 e. The molecule has 0 saturated heterocycles. The maximum atomic E-state index is 13.9. The van der Waals surface area contributed by atoms with Crippen molar-refractivity contribution in [3.05, 3.63) is 81.9 Å². The molecule has 8 nitrogen and oxygen atoms in total. The molecule has 6 rings (SSSR count). The highest BCUT2D eigenvalue weighted by atomic mass is 16.5. The quantitative estimate of drug-likeness (QED) is 0.251. The number of allylic oxidation sites excluding steroid dienone is 2. The van der Waals surface area contributed by atoms with Crippen LogP contribution >= 0.6 is 0 Å². The van der Waals surface area contributed by atoms with Crippen LogP contribution in [-0.2, 0) is 6.54 Å². The predicted octanol–water partition coefficient (Wildman–Crippen LogP) is 4.80. The molecule has 3 aromatic heterocycles. The molecule has 37 heavy (non-hydrogen) atoms. The van der Waals surface area contributed by atoms with Crippen LogP contribution in [0.5, 0.6) is 5.75 Å². The Kier molecular flexibility index (Phi) is 6.00. The molecule has 0 unspecified atom stereocenters. The Balaban J connectivity index is 1.54. The number of hydrogen-bond acceptors (Lipinski definition) is 5. The van der Waals surface area contributed by atoms with Gasteiger partial charge in [-0.3, -0.25) is 0 Å². The minimum absolute atomic E-state index is 0.0763. The van der Waals surface area contributed by atoms with Crippen molar-refractivity contribution in [2.24, 2.45) is 5.10 Å². The van der Waals surface area contributed by atoms with Crippen molar-refractivity contribution >= 4 is 39.4 Å². The number of methoxy groups -OCH3 is 1. The zero-order valence-corrected chi connectivity index (χ0v) is 21.1. The van der Waals surface area contributed by atoms with Crippen LogP contribution in [0.1, 0.15) is 43.5 Å². The number of fused-ring (bicyclic) bond motifs is 4. The van der Waals surface area contributed by atoms with E-state index in [1.807, 2.05) is 60.0 Å². The van der Waals surface area contributed by atoms with Gasteiger partial charge in [-0.2, -0.15) is 0 Å². The number of H-pyrrole nitrogens is 1. The van der Waals surface area contributed by atoms with Crippen LogP contribution in [0, 0.1) is 6.92 Å². The minimum Gasteiger partial charge on any atom is -0.497 e. The third kappa shape index (κ3) is 4.28. The molecule has 0 fully saturated rings. The van der Waals surface area contributed by atoms with Gasteiger partial charge in [0.05, 0.1) is 30.9 Å². The number of nitrogens with one attached hydrogen (secondary N) is 1. The van der Waals surface area contributed by atoms with E-state index in [1.54, 1.807) is 18.0 Å². The first-order valence-electron chi connectivity index (χ1n) is 12.7. The molecule has 186 valence electrons. The first-order valence-corrected chi connectivity index (χ1v) is 12.7. The smallest absolute Gasteiger partial charge is 0.323 e. The van der Waals surface area contributed by atoms with Gasteiger partial charge >= 0.3 is 5.56 Å². The molecule has 1 aliphatic carbocycles. The normalized spacial score (nSPS) is 14.2. The first-order chi connectivity index (χ1) is 18.1. The molecule has 1 aliphatic rings. The summed E-state index contributed by atoms with van der Waals surface area (Å²) in [7, 11) is 1.64. The minimum atomic E-state index is -0.0763. The van der Waals surface area contributed by atoms with Crippen LogP contribution in [0.15, 0.2) is 70.1 Å². The Morgan fingerprint density at radius 1 is 1.11 bits per heavy atom. The van der Waals surface area contributed by atoms with Crippen LogP contribution in [-0.4, -0.2) is 32.5 Å². The lowest BCUT2D eigenvalue weighted by molar-refractivity contribution is -0.368. The largest absolute Gasteiger partial charge is 0.497 e. The monoisotopic (exact) mass is 493 g/mol. The fourth-order valence-corrected chi connectivity index (χ4v) is 5.09. The Bertz CT molecular complexity index is 1760. The summed E-state index contributed by atoms with van der Waals surface area (Å²) in [5, 5.41) is 5.25. The molecule has 8 heteroatoms. The van der Waals surface area contributed by atoms with Crippen molar-refractivity contribution in [3.8, 4) is 5.75 Å². The number of nitrogens with zero attached hydrogens (tertiary/aromatic N) is 5. The summed E-state index contributed by atoms with van der Waals surface area (Å²) >= 11 is 0. The van der Waals surface area contributed by atoms with E-state index < -0.39 is 0 Å². The molecule has 0 spiro atoms. The molecule has 0 radical (unpaired) electrons. The van der Waals surface area contributed by atoms with Crippen LogP contribution in [0.3, 0.4) is 0 Å². The lowest BCUT2D eigenvalue weighted by atomic mass is 9.97. The lowest BCUT2D eigenvalue weighted by Gasteiger charge is -2.12. The molecule has 0 saturated carbocycles. The summed E-state index contributed by atoms with van der Waals surface area (Å²) < 4.78 is 8.86. The zero-order valence-electron chi connectivity index (χ0n) is 21.1. The average molecular weight is 494 g/mol. The second kappa shape index (κ2) is 9.61. The van der Waals surface area contributed by atoms with E-state index in [-0.39, 0.29) is 5.56 Å². The SMILES string of the molecule is COc1cccc(C=Nn2c3nc4ccccc4nc3c3c(=O)n(CCC4=CCCCC4)c(C)[nH+]c32)c1. The standard InChI is InChI=1S/C29H28N6O2/c1-19-31-27-25(29(36)34(19)16-15-20-9-4-3-5-10-20)26-28(33-24-14-7-6-13-23(24)32-26)35(27)30-18-21-11-8-12-22(17-21)37-2/h6-9,11-14,17-18H,3-5,10,15-16H2,1-2H3/p+1. The van der Waals surface area contributed by atoms with E-state index in [0.717, 1.165) is 47.4 Å². The second-order valence-electron chi connectivity index (χ2n) is 9.47. The summed E-state index contributed by atoms with van der Waals surface area (Å²) in [5.41, 5.74) is 5.38. The highest BCUT2D eigenvalue weighted by Crippen LogP contribution is 2.25. The summed E-state index contributed by atoms with van der Waals surface area (Å²) in [6.07, 6.45) is 9.69. The van der Waals surface area contributed by atoms with E-state index in [9.17, 15) is 4.79 Å². The number of hydrogen-bond donors (Lipinski definition) is 0. The van der Waals surface area contributed by atoms with Gasteiger partial charge in [0.25, 0.3) is 5.65 Å². The predicted molar refractivity (Wildman–Crippen MR) is 145 cm³/mol. The van der Waals surface area contributed by atoms with Gasteiger partial charge < -0.3 is 4.74 Å². The van der Waals surface area contributed by atoms with Crippen LogP contribution in [0.4, 0.5) is 0 Å². The second-order valence-corrected chi connectivity index (χ2v) is 9.47. The molecular weight excluding hydrogens is 464 g/mol. The number of benzene rings is 2. The van der Waals surface area contributed by atoms with Gasteiger partial charge in [-0.05, 0) is 61.9 Å². The van der Waals surface area contributed by atoms with Crippen molar-refractivity contribution in [2.45, 2.75) is 45.6 Å². The fourth-order valence-electron chi connectivity index (χ4n) is 5.09. The van der Waals surface area contributed by atoms with Crippen LogP contribution < -0.4 is 15.3 Å². The summed E-state index contributed by atoms with van der Waals surface area (Å²) in [6.45, 7) is 2.56. The van der Waals surface area contributed by atoms with Gasteiger partial charge in [-0.1, -0.05) is 35.9 Å². The molecule has 0 bridgehead atoms. The van der Waals surface area contributed by atoms with E-state index in [0.29, 0.717) is 28.7 Å². The number of para-hydroxylation sites is 2. The number of ether oxygens (including phenoxy) is 1. The van der Waals surface area contributed by atoms with Gasteiger partial charge in [0.15, 0.2) is 5.39 Å². The van der Waals surface area contributed by atoms with E-state index in [4.69, 9.17) is 19.8 Å². The van der Waals surface area contributed by atoms with Crippen LogP contribution in [0.2, 0.25) is 0 Å². The molecule has 0 atom stereocenters. The number of aromatic nitrogens is 5. The van der Waals surface area contributed by atoms with E-state index in [1.165, 1.54) is 18.4 Å². The molecular formula is C29H29N6O2+. The summed E-state index contributed by atoms with van der Waals surface area (Å²) in [4.78, 5) is 27.1. The summed E-state index contributed by atoms with van der Waals surface area (Å²) in [6, 6.07) is 15.3. The van der Waals surface area contributed by atoms with Crippen molar-refractivity contribution in [3.63, 3.8) is 0 Å². The lowest BCUT2D eigenvalue weighted by Crippen LogP contribution is -2.31. The molecule has 5 aromatic rings. The Morgan fingerprint density at radius 2 is 1.95 bits per heavy atom. The number of aromatic amines is 1. The molecule has 0 aliphatic heterocycles. The van der Waals surface area contributed by atoms with Gasteiger partial charge in [0.2, 0.25) is 11.5 Å². The van der Waals surface area contributed by atoms with Crippen molar-refractivity contribution in [2.75, 3.05) is 7.11 Å². The topological polar surface area (TPSA) is 88.4 Å². The maximum absolute atomic E-state index is 13.9. The Hall–Kier alpha value is -4.33. The van der Waals surface area contributed by atoms with Crippen LogP contribution in [0.25, 0.3) is 33.2 Å². The van der Waals surface area contributed by atoms with Gasteiger partial charge in [0.1, 0.15) is 11.3 Å². The molecule has 1 N–H and O–H groups in total. The Morgan fingerprint density at radius 3 is 2.73 bits per heavy atom. The van der Waals surface area contributed by atoms with Gasteiger partial charge in [-0.15, -0.1) is 9.78 Å². The fraction of sp³-hybridized carbons (Fsp3) is 0.276. The highest BCUT2D eigenvalue weighted by molar-refractivity contribution is 6.03. The Labute approximate surface area is 214 Å². The van der Waals surface area contributed by atoms with E-state index >= 15 is 0 Å². The third-order valence-electron chi connectivity index (χ3n) is 7.06. The molecule has 3 heterocycles.